The molecule has 0 aromatic carbocycles. The molecule has 0 fully saturated rings. The van der Waals surface area contributed by atoms with Crippen molar-refractivity contribution in [2.45, 2.75) is 6.92 Å². The molecule has 0 saturated heterocycles. The van der Waals surface area contributed by atoms with Gasteiger partial charge in [0.05, 0.1) is 4.70 Å². The summed E-state index contributed by atoms with van der Waals surface area (Å²) in [7, 11) is 0. The second-order valence-electron chi connectivity index (χ2n) is 2.78. The second-order valence-corrected chi connectivity index (χ2v) is 3.87. The van der Waals surface area contributed by atoms with Gasteiger partial charge in [-0.3, -0.25) is 4.98 Å². The summed E-state index contributed by atoms with van der Waals surface area (Å²) in [5.74, 6) is -0.874. The fraction of sp³-hybridized carbons (Fsp3) is 0.111. The Labute approximate surface area is 78.7 Å². The van der Waals surface area contributed by atoms with Crippen molar-refractivity contribution in [1.29, 1.82) is 0 Å². The van der Waals surface area contributed by atoms with Crippen molar-refractivity contribution in [3.05, 3.63) is 28.9 Å². The zero-order valence-electron chi connectivity index (χ0n) is 6.94. The first kappa shape index (κ1) is 8.19. The highest BCUT2D eigenvalue weighted by atomic mass is 32.1. The van der Waals surface area contributed by atoms with Crippen LogP contribution < -0.4 is 0 Å². The van der Waals surface area contributed by atoms with Gasteiger partial charge in [-0.2, -0.15) is 0 Å². The normalized spacial score (nSPS) is 10.5. The first-order valence-corrected chi connectivity index (χ1v) is 4.57. The molecule has 0 unspecified atom stereocenters. The maximum Gasteiger partial charge on any atom is 0.345 e. The van der Waals surface area contributed by atoms with E-state index in [1.165, 1.54) is 11.3 Å². The van der Waals surface area contributed by atoms with Gasteiger partial charge in [0.25, 0.3) is 0 Å². The number of aryl methyl sites for hydroxylation is 1. The van der Waals surface area contributed by atoms with Crippen LogP contribution in [0.3, 0.4) is 0 Å². The van der Waals surface area contributed by atoms with Crippen LogP contribution in [0.15, 0.2) is 18.5 Å². The molecular formula is C9H7NO2S. The second kappa shape index (κ2) is 2.81. The molecular weight excluding hydrogens is 186 g/mol. The molecule has 2 aromatic rings. The molecule has 0 aliphatic heterocycles. The van der Waals surface area contributed by atoms with Gasteiger partial charge in [0, 0.05) is 12.4 Å². The molecule has 13 heavy (non-hydrogen) atoms. The number of carboxylic acid groups (broad SMARTS) is 1. The molecule has 0 saturated carbocycles. The van der Waals surface area contributed by atoms with E-state index in [9.17, 15) is 4.79 Å². The largest absolute Gasteiger partial charge is 0.477 e. The van der Waals surface area contributed by atoms with Crippen molar-refractivity contribution in [2.75, 3.05) is 0 Å². The summed E-state index contributed by atoms with van der Waals surface area (Å²) >= 11 is 1.26. The van der Waals surface area contributed by atoms with E-state index >= 15 is 0 Å². The van der Waals surface area contributed by atoms with Crippen LogP contribution in [0, 0.1) is 6.92 Å². The maximum absolute atomic E-state index is 10.7. The van der Waals surface area contributed by atoms with Gasteiger partial charge in [0.1, 0.15) is 4.88 Å². The van der Waals surface area contributed by atoms with E-state index in [1.54, 1.807) is 18.5 Å². The third-order valence-electron chi connectivity index (χ3n) is 1.86. The number of aromatic nitrogens is 1. The van der Waals surface area contributed by atoms with Gasteiger partial charge >= 0.3 is 5.97 Å². The Hall–Kier alpha value is -1.42. The number of rotatable bonds is 1. The molecule has 0 amide bonds. The van der Waals surface area contributed by atoms with Gasteiger partial charge in [-0.15, -0.1) is 11.3 Å². The molecule has 1 N–H and O–H groups in total. The van der Waals surface area contributed by atoms with Gasteiger partial charge in [-0.25, -0.2) is 4.79 Å². The molecule has 66 valence electrons. The van der Waals surface area contributed by atoms with E-state index in [1.807, 2.05) is 6.92 Å². The average molecular weight is 193 g/mol. The molecule has 2 aromatic heterocycles. The maximum atomic E-state index is 10.7. The Morgan fingerprint density at radius 3 is 2.92 bits per heavy atom. The van der Waals surface area contributed by atoms with E-state index in [0.29, 0.717) is 4.88 Å². The highest BCUT2D eigenvalue weighted by Crippen LogP contribution is 2.26. The number of carboxylic acids is 1. The topological polar surface area (TPSA) is 50.2 Å². The monoisotopic (exact) mass is 193 g/mol. The van der Waals surface area contributed by atoms with Gasteiger partial charge in [-0.1, -0.05) is 0 Å². The Kier molecular flexibility index (Phi) is 1.77. The zero-order chi connectivity index (χ0) is 9.42. The number of carbonyl (C=O) groups is 1. The standard InChI is InChI=1S/C9H7NO2S/c1-5-3-10-4-8-6(5)2-7(13-8)9(11)12/h2-4H,1H3,(H,11,12). The summed E-state index contributed by atoms with van der Waals surface area (Å²) in [6.07, 6.45) is 3.43. The fourth-order valence-electron chi connectivity index (χ4n) is 1.20. The van der Waals surface area contributed by atoms with E-state index in [0.717, 1.165) is 15.6 Å². The van der Waals surface area contributed by atoms with Crippen LogP contribution in [-0.2, 0) is 0 Å². The molecule has 0 spiro atoms. The van der Waals surface area contributed by atoms with Crippen molar-refractivity contribution < 1.29 is 9.90 Å². The van der Waals surface area contributed by atoms with Gasteiger partial charge in [0.15, 0.2) is 0 Å². The van der Waals surface area contributed by atoms with Crippen LogP contribution >= 0.6 is 11.3 Å². The molecule has 0 aliphatic carbocycles. The number of pyridine rings is 1. The van der Waals surface area contributed by atoms with E-state index in [4.69, 9.17) is 5.11 Å². The Balaban J connectivity index is 2.75. The smallest absolute Gasteiger partial charge is 0.345 e. The molecule has 2 heterocycles. The third kappa shape index (κ3) is 1.29. The first-order valence-electron chi connectivity index (χ1n) is 3.76. The lowest BCUT2D eigenvalue weighted by molar-refractivity contribution is 0.0702. The van der Waals surface area contributed by atoms with E-state index < -0.39 is 5.97 Å². The Morgan fingerprint density at radius 2 is 2.31 bits per heavy atom. The lowest BCUT2D eigenvalue weighted by Gasteiger charge is -1.90. The molecule has 0 aliphatic rings. The molecule has 4 heteroatoms. The SMILES string of the molecule is Cc1cncc2sc(C(=O)O)cc12. The van der Waals surface area contributed by atoms with Crippen molar-refractivity contribution in [3.8, 4) is 0 Å². The fourth-order valence-corrected chi connectivity index (χ4v) is 2.15. The number of hydrogen-bond donors (Lipinski definition) is 1. The minimum Gasteiger partial charge on any atom is -0.477 e. The first-order chi connectivity index (χ1) is 6.18. The number of nitrogens with zero attached hydrogens (tertiary/aromatic N) is 1. The summed E-state index contributed by atoms with van der Waals surface area (Å²) < 4.78 is 0.928. The highest BCUT2D eigenvalue weighted by Gasteiger charge is 2.09. The van der Waals surface area contributed by atoms with Crippen molar-refractivity contribution >= 4 is 27.4 Å². The van der Waals surface area contributed by atoms with Crippen LogP contribution in [-0.4, -0.2) is 16.1 Å². The van der Waals surface area contributed by atoms with Gasteiger partial charge in [-0.05, 0) is 23.9 Å². The number of aromatic carboxylic acids is 1. The summed E-state index contributed by atoms with van der Waals surface area (Å²) in [4.78, 5) is 15.0. The summed E-state index contributed by atoms with van der Waals surface area (Å²) in [6, 6.07) is 1.69. The van der Waals surface area contributed by atoms with Crippen LogP contribution in [0.4, 0.5) is 0 Å². The quantitative estimate of drug-likeness (QED) is 0.756. The minimum absolute atomic E-state index is 0.367. The summed E-state index contributed by atoms with van der Waals surface area (Å²) in [5, 5.41) is 9.75. The zero-order valence-corrected chi connectivity index (χ0v) is 7.76. The summed E-state index contributed by atoms with van der Waals surface area (Å²) in [5.41, 5.74) is 1.02. The van der Waals surface area contributed by atoms with Gasteiger partial charge in [0.2, 0.25) is 0 Å². The number of thiophene rings is 1. The van der Waals surface area contributed by atoms with Crippen LogP contribution in [0.5, 0.6) is 0 Å². The van der Waals surface area contributed by atoms with Crippen LogP contribution in [0.1, 0.15) is 15.2 Å². The Bertz CT molecular complexity index is 475. The minimum atomic E-state index is -0.874. The summed E-state index contributed by atoms with van der Waals surface area (Å²) in [6.45, 7) is 1.92. The molecule has 0 radical (unpaired) electrons. The van der Waals surface area contributed by atoms with E-state index in [2.05, 4.69) is 4.98 Å². The highest BCUT2D eigenvalue weighted by molar-refractivity contribution is 7.20. The van der Waals surface area contributed by atoms with Crippen molar-refractivity contribution in [3.63, 3.8) is 0 Å². The molecule has 3 nitrogen and oxygen atoms in total. The van der Waals surface area contributed by atoms with Crippen LogP contribution in [0.25, 0.3) is 10.1 Å². The molecule has 2 rings (SSSR count). The predicted molar refractivity (Wildman–Crippen MR) is 51.3 cm³/mol. The molecule has 0 bridgehead atoms. The predicted octanol–water partition coefficient (Wildman–Crippen LogP) is 2.30. The van der Waals surface area contributed by atoms with Crippen molar-refractivity contribution in [1.82, 2.24) is 4.98 Å². The third-order valence-corrected chi connectivity index (χ3v) is 2.91. The Morgan fingerprint density at radius 1 is 1.54 bits per heavy atom. The van der Waals surface area contributed by atoms with Crippen molar-refractivity contribution in [2.24, 2.45) is 0 Å². The molecule has 0 atom stereocenters. The number of hydrogen-bond acceptors (Lipinski definition) is 3. The number of fused-ring (bicyclic) bond motifs is 1. The lowest BCUT2D eigenvalue weighted by Crippen LogP contribution is -1.89. The van der Waals surface area contributed by atoms with Crippen LogP contribution in [0.2, 0.25) is 0 Å². The van der Waals surface area contributed by atoms with Gasteiger partial charge < -0.3 is 5.11 Å². The van der Waals surface area contributed by atoms with E-state index in [-0.39, 0.29) is 0 Å². The lowest BCUT2D eigenvalue weighted by atomic mass is 10.2. The average Bonchev–Trinajstić information content (AvgIpc) is 2.49.